The Morgan fingerprint density at radius 1 is 1.02 bits per heavy atom. The number of imidazole rings is 2. The first kappa shape index (κ1) is 30.2. The second kappa shape index (κ2) is 12.7. The van der Waals surface area contributed by atoms with Crippen LogP contribution in [0.1, 0.15) is 39.9 Å². The van der Waals surface area contributed by atoms with Gasteiger partial charge in [-0.1, -0.05) is 35.9 Å². The Morgan fingerprint density at radius 3 is 2.72 bits per heavy atom. The number of halogens is 2. The Morgan fingerprint density at radius 2 is 1.89 bits per heavy atom. The van der Waals surface area contributed by atoms with Gasteiger partial charge in [0.25, 0.3) is 0 Å². The summed E-state index contributed by atoms with van der Waals surface area (Å²) in [6, 6.07) is 21.1. The number of aromatic nitrogens is 5. The van der Waals surface area contributed by atoms with E-state index in [4.69, 9.17) is 30.5 Å². The number of hydrogen-bond donors (Lipinski definition) is 0. The van der Waals surface area contributed by atoms with Gasteiger partial charge in [-0.05, 0) is 55.0 Å². The van der Waals surface area contributed by atoms with E-state index in [9.17, 15) is 4.79 Å². The number of methoxy groups -OCH3 is 1. The number of rotatable bonds is 10. The lowest BCUT2D eigenvalue weighted by molar-refractivity contribution is 0.0601. The number of pyridine rings is 1. The summed E-state index contributed by atoms with van der Waals surface area (Å²) in [5, 5.41) is 1.43. The van der Waals surface area contributed by atoms with Crippen LogP contribution in [0.2, 0.25) is 5.02 Å². The number of aryl methyl sites for hydroxylation is 1. The predicted molar refractivity (Wildman–Crippen MR) is 176 cm³/mol. The average molecular weight is 650 g/mol. The Hall–Kier alpha value is -5.48. The largest absolute Gasteiger partial charge is 0.473 e. The molecule has 4 aromatic heterocycles. The van der Waals surface area contributed by atoms with Crippen molar-refractivity contribution in [2.45, 2.75) is 33.0 Å². The van der Waals surface area contributed by atoms with E-state index in [2.05, 4.69) is 9.97 Å². The van der Waals surface area contributed by atoms with Gasteiger partial charge in [-0.25, -0.2) is 24.1 Å². The van der Waals surface area contributed by atoms with E-state index in [0.717, 1.165) is 28.7 Å². The van der Waals surface area contributed by atoms with Crippen LogP contribution in [0.15, 0.2) is 96.0 Å². The van der Waals surface area contributed by atoms with Crippen LogP contribution in [0.4, 0.5) is 4.39 Å². The third-order valence-electron chi connectivity index (χ3n) is 8.15. The normalized spacial score (nSPS) is 11.4. The highest BCUT2D eigenvalue weighted by Gasteiger charge is 2.18. The maximum absolute atomic E-state index is 15.7. The van der Waals surface area contributed by atoms with Crippen molar-refractivity contribution in [3.8, 4) is 17.1 Å². The molecule has 7 aromatic rings. The van der Waals surface area contributed by atoms with Crippen LogP contribution in [-0.4, -0.2) is 37.2 Å². The molecule has 7 rings (SSSR count). The molecule has 11 heteroatoms. The highest BCUT2D eigenvalue weighted by atomic mass is 35.5. The predicted octanol–water partition coefficient (Wildman–Crippen LogP) is 7.86. The molecule has 0 unspecified atom stereocenters. The first-order chi connectivity index (χ1) is 22.9. The van der Waals surface area contributed by atoms with Gasteiger partial charge in [0.05, 0.1) is 59.3 Å². The monoisotopic (exact) mass is 649 g/mol. The number of esters is 1. The molecule has 0 amide bonds. The Bertz CT molecular complexity index is 2260. The molecule has 3 aromatic carbocycles. The van der Waals surface area contributed by atoms with Crippen molar-refractivity contribution in [1.29, 1.82) is 0 Å². The molecule has 0 aliphatic carbocycles. The highest BCUT2D eigenvalue weighted by Crippen LogP contribution is 2.29. The summed E-state index contributed by atoms with van der Waals surface area (Å²) in [5.41, 5.74) is 5.97. The van der Waals surface area contributed by atoms with E-state index in [0.29, 0.717) is 56.8 Å². The molecule has 0 saturated carbocycles. The molecule has 236 valence electrons. The number of fused-ring (bicyclic) bond motifs is 2. The molecule has 0 saturated heterocycles. The lowest BCUT2D eigenvalue weighted by atomic mass is 10.1. The fourth-order valence-corrected chi connectivity index (χ4v) is 5.89. The van der Waals surface area contributed by atoms with Gasteiger partial charge in [0.1, 0.15) is 23.8 Å². The van der Waals surface area contributed by atoms with Crippen molar-refractivity contribution < 1.29 is 23.1 Å². The Kier molecular flexibility index (Phi) is 8.17. The third kappa shape index (κ3) is 5.95. The molecule has 0 bridgehead atoms. The number of hydrogen-bond acceptors (Lipinski definition) is 7. The van der Waals surface area contributed by atoms with E-state index >= 15 is 4.39 Å². The lowest BCUT2D eigenvalue weighted by Gasteiger charge is -2.12. The second-order valence-corrected chi connectivity index (χ2v) is 11.4. The third-order valence-corrected chi connectivity index (χ3v) is 8.48. The molecule has 0 radical (unpaired) electrons. The minimum absolute atomic E-state index is 0.228. The lowest BCUT2D eigenvalue weighted by Crippen LogP contribution is -2.10. The van der Waals surface area contributed by atoms with Gasteiger partial charge in [-0.2, -0.15) is 0 Å². The minimum atomic E-state index is -0.440. The number of carbonyl (C=O) groups excluding carboxylic acids is 1. The van der Waals surface area contributed by atoms with Gasteiger partial charge in [-0.15, -0.1) is 0 Å². The summed E-state index contributed by atoms with van der Waals surface area (Å²) >= 11 is 6.27. The van der Waals surface area contributed by atoms with Crippen molar-refractivity contribution >= 4 is 39.6 Å². The van der Waals surface area contributed by atoms with Crippen LogP contribution in [0.5, 0.6) is 5.88 Å². The average Bonchev–Trinajstić information content (AvgIpc) is 3.85. The first-order valence-corrected chi connectivity index (χ1v) is 15.4. The molecule has 0 aliphatic rings. The molecular weight excluding hydrogens is 621 g/mol. The molecule has 0 N–H and O–H groups in total. The van der Waals surface area contributed by atoms with Gasteiger partial charge >= 0.3 is 5.97 Å². The SMILES string of the molecule is CCn1cncc1Cn1c(Cc2ccc(-c3cccc(OCc4ccc(Cl)c5ccoc45)n3)cc2F)nc2ccc(C(=O)OC)cc21. The highest BCUT2D eigenvalue weighted by molar-refractivity contribution is 6.35. The Balaban J connectivity index is 1.15. The quantitative estimate of drug-likeness (QED) is 0.139. The van der Waals surface area contributed by atoms with Crippen LogP contribution in [0, 0.1) is 5.82 Å². The van der Waals surface area contributed by atoms with Crippen molar-refractivity contribution in [3.05, 3.63) is 131 Å². The number of carbonyl (C=O) groups is 1. The van der Waals surface area contributed by atoms with Gasteiger partial charge in [0.2, 0.25) is 5.88 Å². The standard InChI is InChI=1S/C36H29ClFN5O4/c1-3-42-21-39-18-26(42)19-43-32-16-24(36(44)45-2)10-12-31(32)40-33(43)17-22-7-8-23(15-29(22)38)30-5-4-6-34(41-30)47-20-25-9-11-28(37)27-13-14-46-35(25)27/h4-16,18,21H,3,17,19-20H2,1-2H3. The van der Waals surface area contributed by atoms with Crippen molar-refractivity contribution in [1.82, 2.24) is 24.1 Å². The summed E-state index contributed by atoms with van der Waals surface area (Å²) in [4.78, 5) is 26.1. The maximum atomic E-state index is 15.7. The molecular formula is C36H29ClFN5O4. The summed E-state index contributed by atoms with van der Waals surface area (Å²) in [6.07, 6.45) is 5.40. The zero-order chi connectivity index (χ0) is 32.5. The van der Waals surface area contributed by atoms with Crippen LogP contribution >= 0.6 is 11.6 Å². The fourth-order valence-electron chi connectivity index (χ4n) is 5.68. The molecule has 0 atom stereocenters. The fraction of sp³-hybridized carbons (Fsp3) is 0.167. The van der Waals surface area contributed by atoms with Crippen LogP contribution in [0.3, 0.4) is 0 Å². The van der Waals surface area contributed by atoms with Crippen molar-refractivity contribution in [3.63, 3.8) is 0 Å². The smallest absolute Gasteiger partial charge is 0.337 e. The van der Waals surface area contributed by atoms with E-state index in [1.165, 1.54) is 13.2 Å². The zero-order valence-corrected chi connectivity index (χ0v) is 26.4. The van der Waals surface area contributed by atoms with E-state index in [1.807, 2.05) is 46.4 Å². The summed E-state index contributed by atoms with van der Waals surface area (Å²) < 4.78 is 36.3. The number of furan rings is 1. The topological polar surface area (TPSA) is 97.2 Å². The molecule has 0 spiro atoms. The van der Waals surface area contributed by atoms with Crippen molar-refractivity contribution in [2.75, 3.05) is 7.11 Å². The van der Waals surface area contributed by atoms with Crippen LogP contribution in [-0.2, 0) is 30.9 Å². The zero-order valence-electron chi connectivity index (χ0n) is 25.6. The molecule has 47 heavy (non-hydrogen) atoms. The van der Waals surface area contributed by atoms with E-state index in [-0.39, 0.29) is 18.8 Å². The van der Waals surface area contributed by atoms with Gasteiger partial charge in [0.15, 0.2) is 0 Å². The van der Waals surface area contributed by atoms with Crippen LogP contribution in [0.25, 0.3) is 33.3 Å². The van der Waals surface area contributed by atoms with Crippen molar-refractivity contribution in [2.24, 2.45) is 0 Å². The molecule has 9 nitrogen and oxygen atoms in total. The van der Waals surface area contributed by atoms with Gasteiger partial charge in [-0.3, -0.25) is 0 Å². The molecule has 4 heterocycles. The number of nitrogens with zero attached hydrogens (tertiary/aromatic N) is 5. The Labute approximate surface area is 274 Å². The number of benzene rings is 3. The summed E-state index contributed by atoms with van der Waals surface area (Å²) in [6.45, 7) is 3.46. The number of ether oxygens (including phenoxy) is 2. The minimum Gasteiger partial charge on any atom is -0.473 e. The van der Waals surface area contributed by atoms with E-state index in [1.54, 1.807) is 55.2 Å². The summed E-state index contributed by atoms with van der Waals surface area (Å²) in [5.74, 6) is 0.223. The van der Waals surface area contributed by atoms with Gasteiger partial charge < -0.3 is 23.0 Å². The van der Waals surface area contributed by atoms with Crippen LogP contribution < -0.4 is 4.74 Å². The van der Waals surface area contributed by atoms with Gasteiger partial charge in [0, 0.05) is 41.7 Å². The maximum Gasteiger partial charge on any atom is 0.337 e. The van der Waals surface area contributed by atoms with E-state index < -0.39 is 5.97 Å². The second-order valence-electron chi connectivity index (χ2n) is 11.0. The molecule has 0 fully saturated rings. The summed E-state index contributed by atoms with van der Waals surface area (Å²) in [7, 11) is 1.35. The molecule has 0 aliphatic heterocycles. The first-order valence-electron chi connectivity index (χ1n) is 15.0.